The summed E-state index contributed by atoms with van der Waals surface area (Å²) >= 11 is 1.58. The Kier molecular flexibility index (Phi) is 6.07. The third-order valence-corrected chi connectivity index (χ3v) is 4.79. The van der Waals surface area contributed by atoms with Crippen LogP contribution in [0.2, 0.25) is 0 Å². The van der Waals surface area contributed by atoms with E-state index in [0.29, 0.717) is 23.1 Å². The first-order chi connectivity index (χ1) is 14.7. The van der Waals surface area contributed by atoms with Gasteiger partial charge in [-0.3, -0.25) is 4.79 Å². The molecule has 4 aromatic rings. The Labute approximate surface area is 177 Å². The van der Waals surface area contributed by atoms with Crippen LogP contribution in [0.15, 0.2) is 84.6 Å². The summed E-state index contributed by atoms with van der Waals surface area (Å²) in [5.41, 5.74) is 1.55. The number of benzene rings is 1. The highest BCUT2D eigenvalue weighted by molar-refractivity contribution is 7.10. The molecule has 0 aliphatic carbocycles. The number of hydrogen-bond donors (Lipinski definition) is 3. The minimum absolute atomic E-state index is 0.176. The zero-order valence-electron chi connectivity index (χ0n) is 15.8. The van der Waals surface area contributed by atoms with Gasteiger partial charge in [-0.2, -0.15) is 0 Å². The molecule has 8 heteroatoms. The number of thiophene rings is 1. The topological polar surface area (TPSA) is 91.8 Å². The number of anilines is 5. The van der Waals surface area contributed by atoms with Gasteiger partial charge in [0, 0.05) is 34.6 Å². The molecular weight excluding hydrogens is 396 g/mol. The van der Waals surface area contributed by atoms with Crippen LogP contribution < -0.4 is 16.0 Å². The summed E-state index contributed by atoms with van der Waals surface area (Å²) in [6.07, 6.45) is 6.50. The summed E-state index contributed by atoms with van der Waals surface area (Å²) in [7, 11) is 0. The zero-order chi connectivity index (χ0) is 20.6. The predicted molar refractivity (Wildman–Crippen MR) is 121 cm³/mol. The molecule has 3 aromatic heterocycles. The number of amides is 1. The van der Waals surface area contributed by atoms with E-state index >= 15 is 0 Å². The van der Waals surface area contributed by atoms with Gasteiger partial charge in [0.05, 0.1) is 0 Å². The highest BCUT2D eigenvalue weighted by Gasteiger charge is 2.03. The average molecular weight is 414 g/mol. The van der Waals surface area contributed by atoms with Crippen molar-refractivity contribution in [3.05, 3.63) is 89.5 Å². The van der Waals surface area contributed by atoms with Crippen molar-refractivity contribution >= 4 is 52.1 Å². The van der Waals surface area contributed by atoms with Gasteiger partial charge in [-0.25, -0.2) is 15.0 Å². The van der Waals surface area contributed by atoms with Crippen molar-refractivity contribution in [3.8, 4) is 0 Å². The Morgan fingerprint density at radius 1 is 0.833 bits per heavy atom. The molecule has 0 saturated heterocycles. The number of rotatable bonds is 7. The second-order valence-corrected chi connectivity index (χ2v) is 7.15. The lowest BCUT2D eigenvalue weighted by Gasteiger charge is -2.09. The summed E-state index contributed by atoms with van der Waals surface area (Å²) in [4.78, 5) is 25.7. The van der Waals surface area contributed by atoms with Gasteiger partial charge in [0.2, 0.25) is 5.91 Å². The van der Waals surface area contributed by atoms with Crippen LogP contribution in [-0.4, -0.2) is 20.9 Å². The molecule has 0 aliphatic heterocycles. The summed E-state index contributed by atoms with van der Waals surface area (Å²) < 4.78 is 0. The molecule has 0 unspecified atom stereocenters. The molecule has 148 valence electrons. The molecule has 30 heavy (non-hydrogen) atoms. The molecular formula is C22H18N6OS. The molecule has 0 fully saturated rings. The number of hydrogen-bond acceptors (Lipinski definition) is 7. The van der Waals surface area contributed by atoms with Crippen LogP contribution in [0.4, 0.5) is 28.8 Å². The third kappa shape index (κ3) is 5.49. The van der Waals surface area contributed by atoms with Crippen molar-refractivity contribution in [3.63, 3.8) is 0 Å². The van der Waals surface area contributed by atoms with E-state index in [1.807, 2.05) is 60.0 Å². The lowest BCUT2D eigenvalue weighted by molar-refractivity contribution is -0.111. The molecule has 1 aromatic carbocycles. The molecule has 7 nitrogen and oxygen atoms in total. The molecule has 0 bridgehead atoms. The largest absolute Gasteiger partial charge is 0.340 e. The lowest BCUT2D eigenvalue weighted by Crippen LogP contribution is -2.07. The lowest BCUT2D eigenvalue weighted by atomic mass is 10.2. The van der Waals surface area contributed by atoms with E-state index in [4.69, 9.17) is 0 Å². The first kappa shape index (κ1) is 19.3. The van der Waals surface area contributed by atoms with Crippen molar-refractivity contribution in [2.24, 2.45) is 0 Å². The number of nitrogens with zero attached hydrogens (tertiary/aromatic N) is 3. The summed E-state index contributed by atoms with van der Waals surface area (Å²) in [6, 6.07) is 18.7. The van der Waals surface area contributed by atoms with Crippen LogP contribution >= 0.6 is 11.3 Å². The van der Waals surface area contributed by atoms with Crippen molar-refractivity contribution < 1.29 is 4.79 Å². The van der Waals surface area contributed by atoms with Gasteiger partial charge in [0.1, 0.15) is 23.8 Å². The fourth-order valence-corrected chi connectivity index (χ4v) is 3.19. The van der Waals surface area contributed by atoms with Crippen LogP contribution in [0.25, 0.3) is 6.08 Å². The van der Waals surface area contributed by atoms with E-state index in [1.54, 1.807) is 29.7 Å². The van der Waals surface area contributed by atoms with Crippen molar-refractivity contribution in [1.29, 1.82) is 0 Å². The van der Waals surface area contributed by atoms with Gasteiger partial charge in [0.25, 0.3) is 0 Å². The van der Waals surface area contributed by atoms with Gasteiger partial charge in [-0.05, 0) is 53.9 Å². The monoisotopic (exact) mass is 414 g/mol. The van der Waals surface area contributed by atoms with Gasteiger partial charge in [0.15, 0.2) is 0 Å². The average Bonchev–Trinajstić information content (AvgIpc) is 3.29. The van der Waals surface area contributed by atoms with Crippen LogP contribution in [0, 0.1) is 0 Å². The van der Waals surface area contributed by atoms with Crippen LogP contribution in [0.1, 0.15) is 4.88 Å². The molecule has 0 aliphatic rings. The Hall–Kier alpha value is -4.04. The SMILES string of the molecule is O=C(/C=C/c1cccs1)Nc1ccc(Nc2cc(Nc3ccccn3)ncn2)cc1. The number of nitrogens with one attached hydrogen (secondary N) is 3. The summed E-state index contributed by atoms with van der Waals surface area (Å²) in [5, 5.41) is 11.2. The Balaban J connectivity index is 1.35. The van der Waals surface area contributed by atoms with Gasteiger partial charge in [-0.1, -0.05) is 12.1 Å². The smallest absolute Gasteiger partial charge is 0.248 e. The van der Waals surface area contributed by atoms with Crippen LogP contribution in [-0.2, 0) is 4.79 Å². The fraction of sp³-hybridized carbons (Fsp3) is 0. The van der Waals surface area contributed by atoms with Gasteiger partial charge >= 0.3 is 0 Å². The predicted octanol–water partition coefficient (Wildman–Crippen LogP) is 5.07. The fourth-order valence-electron chi connectivity index (χ4n) is 2.57. The van der Waals surface area contributed by atoms with E-state index in [9.17, 15) is 4.79 Å². The van der Waals surface area contributed by atoms with Gasteiger partial charge < -0.3 is 16.0 Å². The maximum atomic E-state index is 12.0. The van der Waals surface area contributed by atoms with Crippen molar-refractivity contribution in [1.82, 2.24) is 15.0 Å². The maximum Gasteiger partial charge on any atom is 0.248 e. The number of pyridine rings is 1. The maximum absolute atomic E-state index is 12.0. The molecule has 4 rings (SSSR count). The molecule has 0 spiro atoms. The molecule has 3 heterocycles. The first-order valence-electron chi connectivity index (χ1n) is 9.14. The standard InChI is InChI=1S/C22H18N6OS/c29-22(11-10-18-4-3-13-30-18)27-17-8-6-16(7-9-17)26-20-14-21(25-15-24-20)28-19-5-1-2-12-23-19/h1-15H,(H,27,29)(H2,23,24,25,26,28)/b11-10+. The first-order valence-corrected chi connectivity index (χ1v) is 10.0. The van der Waals surface area contributed by atoms with E-state index in [1.165, 1.54) is 12.4 Å². The molecule has 0 atom stereocenters. The van der Waals surface area contributed by atoms with E-state index < -0.39 is 0 Å². The van der Waals surface area contributed by atoms with Crippen molar-refractivity contribution in [2.45, 2.75) is 0 Å². The minimum Gasteiger partial charge on any atom is -0.340 e. The molecule has 0 saturated carbocycles. The van der Waals surface area contributed by atoms with E-state index in [-0.39, 0.29) is 5.91 Å². The minimum atomic E-state index is -0.176. The second-order valence-electron chi connectivity index (χ2n) is 6.17. The molecule has 3 N–H and O–H groups in total. The van der Waals surface area contributed by atoms with E-state index in [0.717, 1.165) is 10.6 Å². The van der Waals surface area contributed by atoms with Crippen molar-refractivity contribution in [2.75, 3.05) is 16.0 Å². The Bertz CT molecular complexity index is 1130. The highest BCUT2D eigenvalue weighted by Crippen LogP contribution is 2.20. The molecule has 0 radical (unpaired) electrons. The third-order valence-electron chi connectivity index (χ3n) is 3.96. The Morgan fingerprint density at radius 3 is 2.37 bits per heavy atom. The second kappa shape index (κ2) is 9.44. The van der Waals surface area contributed by atoms with Crippen LogP contribution in [0.5, 0.6) is 0 Å². The number of carbonyl (C=O) groups excluding carboxylic acids is 1. The zero-order valence-corrected chi connectivity index (χ0v) is 16.6. The van der Waals surface area contributed by atoms with Crippen LogP contribution in [0.3, 0.4) is 0 Å². The Morgan fingerprint density at radius 2 is 1.63 bits per heavy atom. The summed E-state index contributed by atoms with van der Waals surface area (Å²) in [6.45, 7) is 0. The quantitative estimate of drug-likeness (QED) is 0.366. The summed E-state index contributed by atoms with van der Waals surface area (Å²) in [5.74, 6) is 1.80. The van der Waals surface area contributed by atoms with Gasteiger partial charge in [-0.15, -0.1) is 11.3 Å². The number of aromatic nitrogens is 3. The molecule has 1 amide bonds. The van der Waals surface area contributed by atoms with E-state index in [2.05, 4.69) is 30.9 Å². The highest BCUT2D eigenvalue weighted by atomic mass is 32.1. The number of carbonyl (C=O) groups is 1. The normalized spacial score (nSPS) is 10.7.